The molecule has 1 aromatic rings. The number of carbonyl (C=O) groups excluding carboxylic acids is 1. The van der Waals surface area contributed by atoms with E-state index < -0.39 is 0 Å². The monoisotopic (exact) mass is 264 g/mol. The quantitative estimate of drug-likeness (QED) is 0.879. The Hall–Kier alpha value is -0.870. The molecule has 18 heavy (non-hydrogen) atoms. The van der Waals surface area contributed by atoms with Crippen LogP contribution in [0, 0.1) is 11.3 Å². The lowest BCUT2D eigenvalue weighted by Crippen LogP contribution is -2.34. The number of hydrogen-bond acceptors (Lipinski definition) is 3. The predicted octanol–water partition coefficient (Wildman–Crippen LogP) is 2.32. The van der Waals surface area contributed by atoms with E-state index in [-0.39, 0.29) is 17.9 Å². The van der Waals surface area contributed by atoms with Gasteiger partial charge in [0.15, 0.2) is 0 Å². The zero-order chi connectivity index (χ0) is 12.6. The van der Waals surface area contributed by atoms with Gasteiger partial charge < -0.3 is 10.6 Å². The molecule has 1 spiro atoms. The molecule has 1 aliphatic carbocycles. The smallest absolute Gasteiger partial charge is 0.224 e. The molecule has 1 saturated heterocycles. The van der Waals surface area contributed by atoms with E-state index in [0.717, 1.165) is 19.5 Å². The van der Waals surface area contributed by atoms with Crippen molar-refractivity contribution in [2.45, 2.75) is 32.2 Å². The second kappa shape index (κ2) is 4.67. The van der Waals surface area contributed by atoms with Crippen molar-refractivity contribution in [3.05, 3.63) is 22.4 Å². The minimum atomic E-state index is 0.150. The molecule has 0 aromatic carbocycles. The summed E-state index contributed by atoms with van der Waals surface area (Å²) in [5.41, 5.74) is 0.338. The molecule has 0 radical (unpaired) electrons. The number of rotatable bonds is 3. The van der Waals surface area contributed by atoms with E-state index in [4.69, 9.17) is 0 Å². The molecule has 4 heteroatoms. The number of piperidine rings is 1. The van der Waals surface area contributed by atoms with Crippen molar-refractivity contribution >= 4 is 17.2 Å². The first kappa shape index (κ1) is 12.2. The van der Waals surface area contributed by atoms with Crippen molar-refractivity contribution in [2.24, 2.45) is 11.3 Å². The minimum Gasteiger partial charge on any atom is -0.349 e. The van der Waals surface area contributed by atoms with E-state index in [1.165, 1.54) is 17.7 Å². The summed E-state index contributed by atoms with van der Waals surface area (Å²) in [7, 11) is 0. The molecule has 1 amide bonds. The maximum Gasteiger partial charge on any atom is 0.224 e. The third-order valence-corrected chi connectivity index (χ3v) is 5.49. The lowest BCUT2D eigenvalue weighted by molar-refractivity contribution is -0.123. The third-order valence-electron chi connectivity index (χ3n) is 4.43. The van der Waals surface area contributed by atoms with Crippen molar-refractivity contribution in [3.8, 4) is 0 Å². The van der Waals surface area contributed by atoms with Crippen LogP contribution < -0.4 is 10.6 Å². The first-order valence-electron chi connectivity index (χ1n) is 6.76. The van der Waals surface area contributed by atoms with E-state index in [9.17, 15) is 4.79 Å². The highest BCUT2D eigenvalue weighted by atomic mass is 32.1. The van der Waals surface area contributed by atoms with Crippen molar-refractivity contribution in [1.82, 2.24) is 10.6 Å². The predicted molar refractivity (Wildman–Crippen MR) is 73.5 cm³/mol. The number of hydrogen-bond donors (Lipinski definition) is 2. The van der Waals surface area contributed by atoms with Gasteiger partial charge in [0, 0.05) is 10.8 Å². The van der Waals surface area contributed by atoms with Crippen molar-refractivity contribution in [2.75, 3.05) is 13.1 Å². The van der Waals surface area contributed by atoms with E-state index in [1.807, 2.05) is 6.07 Å². The van der Waals surface area contributed by atoms with Gasteiger partial charge in [0.1, 0.15) is 0 Å². The molecular weight excluding hydrogens is 244 g/mol. The van der Waals surface area contributed by atoms with Crippen LogP contribution in [-0.4, -0.2) is 19.0 Å². The Labute approximate surface area is 112 Å². The standard InChI is InChI=1S/C14H20N2OS/c1-10(12-3-2-8-18-12)16-13(17)11-9-14(11)4-6-15-7-5-14/h2-3,8,10-11,15H,4-7,9H2,1H3,(H,16,17). The lowest BCUT2D eigenvalue weighted by atomic mass is 9.91. The van der Waals surface area contributed by atoms with Crippen LogP contribution >= 0.6 is 11.3 Å². The maximum absolute atomic E-state index is 12.3. The van der Waals surface area contributed by atoms with Crippen LogP contribution in [0.2, 0.25) is 0 Å². The number of carbonyl (C=O) groups is 1. The van der Waals surface area contributed by atoms with Gasteiger partial charge in [-0.05, 0) is 56.1 Å². The highest BCUT2D eigenvalue weighted by molar-refractivity contribution is 7.10. The number of thiophene rings is 1. The van der Waals surface area contributed by atoms with Gasteiger partial charge in [-0.3, -0.25) is 4.79 Å². The largest absolute Gasteiger partial charge is 0.349 e. The minimum absolute atomic E-state index is 0.150. The second-order valence-corrected chi connectivity index (χ2v) is 6.59. The molecule has 2 atom stereocenters. The molecule has 1 aliphatic heterocycles. The average Bonchev–Trinajstić information content (AvgIpc) is 2.84. The van der Waals surface area contributed by atoms with Crippen LogP contribution in [0.3, 0.4) is 0 Å². The summed E-state index contributed by atoms with van der Waals surface area (Å²) in [6.45, 7) is 4.22. The fourth-order valence-corrected chi connectivity index (χ4v) is 3.85. The normalized spacial score (nSPS) is 26.8. The summed E-state index contributed by atoms with van der Waals surface area (Å²) < 4.78 is 0. The summed E-state index contributed by atoms with van der Waals surface area (Å²) in [6.07, 6.45) is 3.43. The third kappa shape index (κ3) is 2.19. The molecule has 98 valence electrons. The van der Waals surface area contributed by atoms with E-state index in [1.54, 1.807) is 11.3 Å². The van der Waals surface area contributed by atoms with Crippen molar-refractivity contribution in [1.29, 1.82) is 0 Å². The first-order chi connectivity index (χ1) is 8.71. The summed E-state index contributed by atoms with van der Waals surface area (Å²) in [5, 5.41) is 8.60. The van der Waals surface area contributed by atoms with Crippen molar-refractivity contribution in [3.63, 3.8) is 0 Å². The van der Waals surface area contributed by atoms with Gasteiger partial charge in [-0.25, -0.2) is 0 Å². The van der Waals surface area contributed by atoms with Crippen LogP contribution in [-0.2, 0) is 4.79 Å². The lowest BCUT2D eigenvalue weighted by Gasteiger charge is -2.23. The van der Waals surface area contributed by atoms with Crippen LogP contribution in [0.1, 0.15) is 37.1 Å². The Morgan fingerprint density at radius 1 is 1.56 bits per heavy atom. The highest BCUT2D eigenvalue weighted by Gasteiger charge is 2.57. The topological polar surface area (TPSA) is 41.1 Å². The van der Waals surface area contributed by atoms with Crippen LogP contribution in [0.5, 0.6) is 0 Å². The molecule has 3 nitrogen and oxygen atoms in total. The molecule has 3 rings (SSSR count). The Balaban J connectivity index is 1.57. The van der Waals surface area contributed by atoms with Gasteiger partial charge in [-0.15, -0.1) is 11.3 Å². The van der Waals surface area contributed by atoms with Crippen LogP contribution in [0.15, 0.2) is 17.5 Å². The fraction of sp³-hybridized carbons (Fsp3) is 0.643. The molecule has 1 aromatic heterocycles. The van der Waals surface area contributed by atoms with Gasteiger partial charge in [0.05, 0.1) is 6.04 Å². The molecule has 2 heterocycles. The first-order valence-corrected chi connectivity index (χ1v) is 7.64. The molecule has 1 saturated carbocycles. The molecule has 0 bridgehead atoms. The maximum atomic E-state index is 12.3. The Bertz CT molecular complexity index is 423. The second-order valence-electron chi connectivity index (χ2n) is 5.61. The molecule has 2 N–H and O–H groups in total. The number of nitrogens with one attached hydrogen (secondary N) is 2. The van der Waals surface area contributed by atoms with Gasteiger partial charge in [-0.1, -0.05) is 6.07 Å². The summed E-state index contributed by atoms with van der Waals surface area (Å²) >= 11 is 1.71. The number of amides is 1. The highest BCUT2D eigenvalue weighted by Crippen LogP contribution is 2.58. The van der Waals surface area contributed by atoms with Gasteiger partial charge in [-0.2, -0.15) is 0 Å². The van der Waals surface area contributed by atoms with Gasteiger partial charge in [0.2, 0.25) is 5.91 Å². The molecular formula is C14H20N2OS. The zero-order valence-corrected chi connectivity index (χ0v) is 11.6. The summed E-state index contributed by atoms with van der Waals surface area (Å²) in [6, 6.07) is 4.27. The Morgan fingerprint density at radius 3 is 3.00 bits per heavy atom. The molecule has 2 unspecified atom stereocenters. The van der Waals surface area contributed by atoms with Crippen molar-refractivity contribution < 1.29 is 4.79 Å². The van der Waals surface area contributed by atoms with E-state index in [2.05, 4.69) is 29.0 Å². The van der Waals surface area contributed by atoms with Gasteiger partial charge in [0.25, 0.3) is 0 Å². The average molecular weight is 264 g/mol. The Morgan fingerprint density at radius 2 is 2.33 bits per heavy atom. The van der Waals surface area contributed by atoms with Crippen LogP contribution in [0.25, 0.3) is 0 Å². The van der Waals surface area contributed by atoms with Gasteiger partial charge >= 0.3 is 0 Å². The Kier molecular flexibility index (Phi) is 3.16. The SMILES string of the molecule is CC(NC(=O)C1CC12CCNCC2)c1cccs1. The van der Waals surface area contributed by atoms with E-state index >= 15 is 0 Å². The fourth-order valence-electron chi connectivity index (χ4n) is 3.12. The summed E-state index contributed by atoms with van der Waals surface area (Å²) in [4.78, 5) is 13.5. The zero-order valence-electron chi connectivity index (χ0n) is 10.7. The van der Waals surface area contributed by atoms with E-state index in [0.29, 0.717) is 5.41 Å². The summed E-state index contributed by atoms with van der Waals surface area (Å²) in [5.74, 6) is 0.528. The molecule has 2 aliphatic rings. The van der Waals surface area contributed by atoms with Crippen LogP contribution in [0.4, 0.5) is 0 Å². The molecule has 2 fully saturated rings.